The van der Waals surface area contributed by atoms with Gasteiger partial charge in [0, 0.05) is 27.8 Å². The molecule has 0 amide bonds. The van der Waals surface area contributed by atoms with Crippen molar-refractivity contribution in [3.05, 3.63) is 245 Å². The summed E-state index contributed by atoms with van der Waals surface area (Å²) in [4.78, 5) is 5.39. The molecule has 1 aliphatic heterocycles. The van der Waals surface area contributed by atoms with Crippen molar-refractivity contribution in [3.63, 3.8) is 0 Å². The molecule has 0 N–H and O–H groups in total. The van der Waals surface area contributed by atoms with E-state index in [9.17, 15) is 0 Å². The highest BCUT2D eigenvalue weighted by Crippen LogP contribution is 2.53. The highest BCUT2D eigenvalue weighted by atomic mass is 15.1. The van der Waals surface area contributed by atoms with Gasteiger partial charge in [0.2, 0.25) is 0 Å². The highest BCUT2D eigenvalue weighted by Gasteiger charge is 2.46. The van der Waals surface area contributed by atoms with Crippen LogP contribution in [0.3, 0.4) is 0 Å². The maximum absolute atomic E-state index is 5.39. The first-order valence-corrected chi connectivity index (χ1v) is 21.0. The van der Waals surface area contributed by atoms with E-state index in [1.54, 1.807) is 0 Å². The lowest BCUT2D eigenvalue weighted by Crippen LogP contribution is -2.39. The molecular formula is C57H41N3. The average molecular weight is 768 g/mol. The van der Waals surface area contributed by atoms with Gasteiger partial charge >= 0.3 is 0 Å². The molecule has 3 nitrogen and oxygen atoms in total. The molecule has 12 rings (SSSR count). The summed E-state index contributed by atoms with van der Waals surface area (Å²) < 4.78 is 4.91. The molecule has 0 fully saturated rings. The molecule has 284 valence electrons. The zero-order valence-corrected chi connectivity index (χ0v) is 33.3. The Morgan fingerprint density at radius 1 is 0.500 bits per heavy atom. The van der Waals surface area contributed by atoms with Crippen LogP contribution in [0.5, 0.6) is 0 Å². The monoisotopic (exact) mass is 767 g/mol. The third-order valence-electron chi connectivity index (χ3n) is 13.1. The Bertz CT molecular complexity index is 3320. The smallest absolute Gasteiger partial charge is 0.145 e. The van der Waals surface area contributed by atoms with Crippen molar-refractivity contribution in [2.24, 2.45) is 5.92 Å². The summed E-state index contributed by atoms with van der Waals surface area (Å²) in [6, 6.07) is 75.5. The number of rotatable bonds is 6. The van der Waals surface area contributed by atoms with E-state index in [4.69, 9.17) is 4.98 Å². The number of aromatic nitrogens is 3. The summed E-state index contributed by atoms with van der Waals surface area (Å²) in [5, 5.41) is 3.84. The molecule has 0 spiro atoms. The van der Waals surface area contributed by atoms with E-state index >= 15 is 0 Å². The van der Waals surface area contributed by atoms with Gasteiger partial charge in [-0.3, -0.25) is 4.57 Å². The molecule has 60 heavy (non-hydrogen) atoms. The van der Waals surface area contributed by atoms with Gasteiger partial charge in [-0.25, -0.2) is 4.98 Å². The molecule has 2 unspecified atom stereocenters. The zero-order valence-electron chi connectivity index (χ0n) is 33.3. The molecular weight excluding hydrogens is 727 g/mol. The average Bonchev–Trinajstić information content (AvgIpc) is 3.86. The molecule has 0 bridgehead atoms. The number of benzene rings is 8. The van der Waals surface area contributed by atoms with E-state index in [1.165, 1.54) is 66.1 Å². The lowest BCUT2D eigenvalue weighted by Gasteiger charge is -2.42. The first-order chi connectivity index (χ1) is 29.7. The van der Waals surface area contributed by atoms with E-state index in [-0.39, 0.29) is 5.92 Å². The van der Waals surface area contributed by atoms with Crippen molar-refractivity contribution >= 4 is 34.1 Å². The van der Waals surface area contributed by atoms with Gasteiger partial charge in [-0.05, 0) is 99.5 Å². The molecule has 0 saturated carbocycles. The van der Waals surface area contributed by atoms with Gasteiger partial charge in [0.05, 0.1) is 33.0 Å². The van der Waals surface area contributed by atoms with Crippen molar-refractivity contribution in [1.29, 1.82) is 0 Å². The van der Waals surface area contributed by atoms with Gasteiger partial charge in [0.25, 0.3) is 0 Å². The predicted octanol–water partition coefficient (Wildman–Crippen LogP) is 12.0. The zero-order chi connectivity index (χ0) is 39.8. The first-order valence-electron chi connectivity index (χ1n) is 21.0. The minimum atomic E-state index is -0.679. The molecule has 3 heterocycles. The Morgan fingerprint density at radius 3 is 1.80 bits per heavy atom. The van der Waals surface area contributed by atoms with Crippen LogP contribution in [-0.2, 0) is 5.41 Å². The van der Waals surface area contributed by atoms with Crippen LogP contribution in [0, 0.1) is 5.92 Å². The van der Waals surface area contributed by atoms with Gasteiger partial charge < -0.3 is 4.57 Å². The number of imidazole rings is 1. The van der Waals surface area contributed by atoms with Crippen LogP contribution >= 0.6 is 0 Å². The Hall–Kier alpha value is -7.49. The molecule has 10 aromatic rings. The van der Waals surface area contributed by atoms with Crippen LogP contribution in [0.25, 0.3) is 68.0 Å². The lowest BCUT2D eigenvalue weighted by atomic mass is 9.62. The van der Waals surface area contributed by atoms with E-state index in [1.807, 2.05) is 0 Å². The second-order valence-electron chi connectivity index (χ2n) is 16.4. The Balaban J connectivity index is 1.26. The summed E-state index contributed by atoms with van der Waals surface area (Å²) >= 11 is 0. The summed E-state index contributed by atoms with van der Waals surface area (Å²) in [5.41, 5.74) is 14.7. The fourth-order valence-electron chi connectivity index (χ4n) is 10.4. The minimum absolute atomic E-state index is 0.253. The first kappa shape index (κ1) is 34.5. The number of hydrogen-bond donors (Lipinski definition) is 0. The minimum Gasteiger partial charge on any atom is -0.309 e. The van der Waals surface area contributed by atoms with Crippen molar-refractivity contribution in [2.45, 2.75) is 18.3 Å². The predicted molar refractivity (Wildman–Crippen MR) is 247 cm³/mol. The van der Waals surface area contributed by atoms with Gasteiger partial charge in [0.1, 0.15) is 5.82 Å². The van der Waals surface area contributed by atoms with Crippen LogP contribution in [0.1, 0.15) is 40.7 Å². The second kappa shape index (κ2) is 13.5. The summed E-state index contributed by atoms with van der Waals surface area (Å²) in [6.07, 6.45) is 5.09. The highest BCUT2D eigenvalue weighted by molar-refractivity contribution is 5.97. The molecule has 0 saturated heterocycles. The second-order valence-corrected chi connectivity index (χ2v) is 16.4. The van der Waals surface area contributed by atoms with Crippen LogP contribution in [0.2, 0.25) is 0 Å². The normalized spacial score (nSPS) is 16.1. The molecule has 3 heteroatoms. The third-order valence-corrected chi connectivity index (χ3v) is 13.1. The lowest BCUT2D eigenvalue weighted by molar-refractivity contribution is 0.686. The van der Waals surface area contributed by atoms with E-state index < -0.39 is 5.41 Å². The van der Waals surface area contributed by atoms with Crippen molar-refractivity contribution in [2.75, 3.05) is 0 Å². The molecule has 8 aromatic carbocycles. The molecule has 2 atom stereocenters. The van der Waals surface area contributed by atoms with Crippen molar-refractivity contribution < 1.29 is 0 Å². The summed E-state index contributed by atoms with van der Waals surface area (Å²) in [7, 11) is 0. The largest absolute Gasteiger partial charge is 0.309 e. The van der Waals surface area contributed by atoms with Crippen LogP contribution < -0.4 is 10.6 Å². The van der Waals surface area contributed by atoms with E-state index in [0.29, 0.717) is 5.92 Å². The fraction of sp³-hybridized carbons (Fsp3) is 0.0702. The maximum Gasteiger partial charge on any atom is 0.145 e. The number of fused-ring (bicyclic) bond motifs is 6. The van der Waals surface area contributed by atoms with Gasteiger partial charge in [-0.2, -0.15) is 0 Å². The van der Waals surface area contributed by atoms with E-state index in [0.717, 1.165) is 28.1 Å². The molecule has 1 aliphatic carbocycles. The van der Waals surface area contributed by atoms with Crippen LogP contribution in [0.15, 0.2) is 206 Å². The topological polar surface area (TPSA) is 22.8 Å². The van der Waals surface area contributed by atoms with Crippen molar-refractivity contribution in [3.8, 4) is 33.9 Å². The van der Waals surface area contributed by atoms with Crippen LogP contribution in [-0.4, -0.2) is 14.1 Å². The number of para-hydroxylation sites is 3. The Labute approximate surface area is 349 Å². The van der Waals surface area contributed by atoms with Crippen molar-refractivity contribution in [1.82, 2.24) is 14.1 Å². The maximum atomic E-state index is 5.39. The third kappa shape index (κ3) is 5.05. The van der Waals surface area contributed by atoms with E-state index in [2.05, 4.69) is 234 Å². The van der Waals surface area contributed by atoms with Crippen LogP contribution in [0.4, 0.5) is 0 Å². The SMILES string of the molecule is CC1C=c2c(c3cc(-c4ccccc4)cc4c3n2-c2ccc(-c3nc5ccccc5n3-c3ccccc3)cc2C4(c2ccccc2)c2ccccc2)=CC1c1ccccc1. The van der Waals surface area contributed by atoms with Gasteiger partial charge in [-0.1, -0.05) is 171 Å². The molecule has 0 radical (unpaired) electrons. The number of nitrogens with zero attached hydrogens (tertiary/aromatic N) is 3. The quantitative estimate of drug-likeness (QED) is 0.165. The molecule has 2 aromatic heterocycles. The van der Waals surface area contributed by atoms with Gasteiger partial charge in [-0.15, -0.1) is 0 Å². The molecule has 2 aliphatic rings. The fourth-order valence-corrected chi connectivity index (χ4v) is 10.4. The Kier molecular flexibility index (Phi) is 7.80. The summed E-state index contributed by atoms with van der Waals surface area (Å²) in [5.74, 6) is 1.46. The summed E-state index contributed by atoms with van der Waals surface area (Å²) in [6.45, 7) is 2.37. The Morgan fingerprint density at radius 2 is 1.10 bits per heavy atom. The van der Waals surface area contributed by atoms with Gasteiger partial charge in [0.15, 0.2) is 0 Å². The number of hydrogen-bond acceptors (Lipinski definition) is 1. The standard InChI is InChI=1S/C57H41N3/c1-38-33-54-47(37-46(38)40-21-9-3-10-22-40)48-34-42(39-19-7-2-8-20-39)36-50-55(48)60(54)52-32-31-41(56-58-51-29-17-18-30-53(51)59(56)45-27-15-6-16-28-45)35-49(52)57(50,43-23-11-4-12-24-43)44-25-13-5-14-26-44/h2-38,46H,1H3.